The molecule has 1 saturated heterocycles. The number of hydrogen-bond acceptors (Lipinski definition) is 4. The molecular weight excluding hydrogens is 438 g/mol. The largest absolute Gasteiger partial charge is 0.339 e. The van der Waals surface area contributed by atoms with Gasteiger partial charge in [-0.05, 0) is 67.4 Å². The number of carbonyl (C=O) groups is 2. The maximum Gasteiger partial charge on any atom is 0.264 e. The fourth-order valence-corrected chi connectivity index (χ4v) is 4.98. The topological polar surface area (TPSA) is 86.8 Å². The number of anilines is 2. The number of nitrogens with zero attached hydrogens (tertiary/aromatic N) is 2. The summed E-state index contributed by atoms with van der Waals surface area (Å²) in [5.41, 5.74) is 1.84. The van der Waals surface area contributed by atoms with Gasteiger partial charge in [-0.25, -0.2) is 8.42 Å². The Morgan fingerprint density at radius 2 is 1.52 bits per heavy atom. The van der Waals surface area contributed by atoms with Gasteiger partial charge in [-0.1, -0.05) is 24.3 Å². The molecule has 0 spiro atoms. The van der Waals surface area contributed by atoms with E-state index in [0.29, 0.717) is 16.9 Å². The van der Waals surface area contributed by atoms with Crippen LogP contribution in [0.25, 0.3) is 0 Å². The highest BCUT2D eigenvalue weighted by molar-refractivity contribution is 7.92. The number of rotatable bonds is 6. The summed E-state index contributed by atoms with van der Waals surface area (Å²) >= 11 is 0. The summed E-state index contributed by atoms with van der Waals surface area (Å²) in [7, 11) is -2.36. The van der Waals surface area contributed by atoms with Gasteiger partial charge in [0.25, 0.3) is 21.8 Å². The number of hydrogen-bond donors (Lipinski definition) is 1. The fourth-order valence-electron chi connectivity index (χ4n) is 3.73. The maximum absolute atomic E-state index is 13.0. The van der Waals surface area contributed by atoms with Crippen molar-refractivity contribution in [2.45, 2.75) is 17.7 Å². The van der Waals surface area contributed by atoms with Crippen molar-refractivity contribution in [1.82, 2.24) is 4.90 Å². The number of likely N-dealkylation sites (tertiary alicyclic amines) is 1. The van der Waals surface area contributed by atoms with Crippen molar-refractivity contribution in [2.24, 2.45) is 0 Å². The minimum Gasteiger partial charge on any atom is -0.339 e. The second-order valence-corrected chi connectivity index (χ2v) is 9.84. The zero-order valence-electron chi connectivity index (χ0n) is 18.3. The van der Waals surface area contributed by atoms with Crippen molar-refractivity contribution >= 4 is 33.2 Å². The van der Waals surface area contributed by atoms with Crippen molar-refractivity contribution in [3.05, 3.63) is 90.0 Å². The molecule has 1 N–H and O–H groups in total. The molecule has 1 fully saturated rings. The van der Waals surface area contributed by atoms with Crippen molar-refractivity contribution < 1.29 is 18.0 Å². The second-order valence-electron chi connectivity index (χ2n) is 7.87. The van der Waals surface area contributed by atoms with Gasteiger partial charge in [0.15, 0.2) is 0 Å². The molecule has 0 bridgehead atoms. The minimum absolute atomic E-state index is 0.00850. The van der Waals surface area contributed by atoms with E-state index < -0.39 is 15.9 Å². The molecule has 2 amide bonds. The Bertz CT molecular complexity index is 1250. The van der Waals surface area contributed by atoms with Crippen LogP contribution in [0.4, 0.5) is 11.4 Å². The Balaban J connectivity index is 1.48. The first-order valence-electron chi connectivity index (χ1n) is 10.7. The lowest BCUT2D eigenvalue weighted by Crippen LogP contribution is -2.27. The first-order valence-corrected chi connectivity index (χ1v) is 12.1. The summed E-state index contributed by atoms with van der Waals surface area (Å²) in [6, 6.07) is 21.4. The fraction of sp³-hybridized carbons (Fsp3) is 0.200. The van der Waals surface area contributed by atoms with Gasteiger partial charge in [-0.3, -0.25) is 13.9 Å². The lowest BCUT2D eigenvalue weighted by molar-refractivity contribution is 0.0792. The van der Waals surface area contributed by atoms with Gasteiger partial charge >= 0.3 is 0 Å². The predicted molar refractivity (Wildman–Crippen MR) is 128 cm³/mol. The highest BCUT2D eigenvalue weighted by Gasteiger charge is 2.23. The normalized spacial score (nSPS) is 13.5. The van der Waals surface area contributed by atoms with Crippen LogP contribution in [-0.2, 0) is 10.0 Å². The van der Waals surface area contributed by atoms with Crippen LogP contribution in [0.3, 0.4) is 0 Å². The SMILES string of the molecule is CN(c1ccccc1)S(=O)(=O)c1cccc(C(=O)Nc2ccc(C(=O)N3CCCC3)cc2)c1. The van der Waals surface area contributed by atoms with Gasteiger partial charge in [-0.2, -0.15) is 0 Å². The highest BCUT2D eigenvalue weighted by Crippen LogP contribution is 2.23. The van der Waals surface area contributed by atoms with E-state index in [1.54, 1.807) is 60.7 Å². The van der Waals surface area contributed by atoms with Crippen LogP contribution < -0.4 is 9.62 Å². The van der Waals surface area contributed by atoms with Gasteiger partial charge < -0.3 is 10.2 Å². The molecule has 0 aliphatic carbocycles. The van der Waals surface area contributed by atoms with E-state index in [2.05, 4.69) is 5.32 Å². The number of nitrogens with one attached hydrogen (secondary N) is 1. The summed E-state index contributed by atoms with van der Waals surface area (Å²) in [6.45, 7) is 1.55. The molecule has 1 aliphatic rings. The van der Waals surface area contributed by atoms with E-state index >= 15 is 0 Å². The van der Waals surface area contributed by atoms with Crippen molar-refractivity contribution in [1.29, 1.82) is 0 Å². The Morgan fingerprint density at radius 3 is 2.18 bits per heavy atom. The Morgan fingerprint density at radius 1 is 0.848 bits per heavy atom. The molecular formula is C25H25N3O4S. The summed E-state index contributed by atoms with van der Waals surface area (Å²) in [5, 5.41) is 2.76. The third-order valence-electron chi connectivity index (χ3n) is 5.66. The molecule has 0 atom stereocenters. The molecule has 1 aliphatic heterocycles. The van der Waals surface area contributed by atoms with Crippen molar-refractivity contribution in [3.8, 4) is 0 Å². The summed E-state index contributed by atoms with van der Waals surface area (Å²) in [4.78, 5) is 27.1. The Labute approximate surface area is 193 Å². The molecule has 4 rings (SSSR count). The number of benzene rings is 3. The molecule has 3 aromatic carbocycles. The van der Waals surface area contributed by atoms with E-state index in [-0.39, 0.29) is 16.4 Å². The molecule has 0 saturated carbocycles. The number of sulfonamides is 1. The summed E-state index contributed by atoms with van der Waals surface area (Å²) in [5.74, 6) is -0.446. The zero-order valence-corrected chi connectivity index (χ0v) is 19.1. The molecule has 0 unspecified atom stereocenters. The van der Waals surface area contributed by atoms with Crippen molar-refractivity contribution in [3.63, 3.8) is 0 Å². The average Bonchev–Trinajstić information content (AvgIpc) is 3.39. The molecule has 3 aromatic rings. The zero-order chi connectivity index (χ0) is 23.4. The number of carbonyl (C=O) groups excluding carboxylic acids is 2. The first kappa shape index (κ1) is 22.5. The van der Waals surface area contributed by atoms with E-state index in [1.165, 1.54) is 23.5 Å². The average molecular weight is 464 g/mol. The van der Waals surface area contributed by atoms with Gasteiger partial charge in [0.2, 0.25) is 0 Å². The van der Waals surface area contributed by atoms with E-state index in [4.69, 9.17) is 0 Å². The number of amides is 2. The molecule has 170 valence electrons. The summed E-state index contributed by atoms with van der Waals surface area (Å²) in [6.07, 6.45) is 2.05. The molecule has 33 heavy (non-hydrogen) atoms. The predicted octanol–water partition coefficient (Wildman–Crippen LogP) is 4.00. The number of para-hydroxylation sites is 1. The minimum atomic E-state index is -3.83. The first-order chi connectivity index (χ1) is 15.9. The maximum atomic E-state index is 13.0. The van der Waals surface area contributed by atoms with Crippen LogP contribution in [0.15, 0.2) is 83.8 Å². The van der Waals surface area contributed by atoms with Gasteiger partial charge in [-0.15, -0.1) is 0 Å². The van der Waals surface area contributed by atoms with Crippen LogP contribution in [0.1, 0.15) is 33.6 Å². The Hall–Kier alpha value is -3.65. The monoisotopic (exact) mass is 463 g/mol. The van der Waals surface area contributed by atoms with Gasteiger partial charge in [0, 0.05) is 37.0 Å². The van der Waals surface area contributed by atoms with Gasteiger partial charge in [0.05, 0.1) is 10.6 Å². The summed E-state index contributed by atoms with van der Waals surface area (Å²) < 4.78 is 27.2. The molecule has 8 heteroatoms. The lowest BCUT2D eigenvalue weighted by Gasteiger charge is -2.19. The molecule has 1 heterocycles. The van der Waals surface area contributed by atoms with E-state index in [1.807, 2.05) is 11.0 Å². The smallest absolute Gasteiger partial charge is 0.264 e. The second kappa shape index (κ2) is 9.46. The van der Waals surface area contributed by atoms with Crippen LogP contribution in [-0.4, -0.2) is 45.3 Å². The molecule has 7 nitrogen and oxygen atoms in total. The van der Waals surface area contributed by atoms with Crippen LogP contribution in [0.5, 0.6) is 0 Å². The lowest BCUT2D eigenvalue weighted by atomic mass is 10.1. The van der Waals surface area contributed by atoms with Crippen LogP contribution in [0.2, 0.25) is 0 Å². The standard InChI is InChI=1S/C25H25N3O4S/c1-27(22-9-3-2-4-10-22)33(31,32)23-11-7-8-20(18-23)24(29)26-21-14-12-19(13-15-21)25(30)28-16-5-6-17-28/h2-4,7-15,18H,5-6,16-17H2,1H3,(H,26,29). The van der Waals surface area contributed by atoms with Gasteiger partial charge in [0.1, 0.15) is 0 Å². The quantitative estimate of drug-likeness (QED) is 0.599. The highest BCUT2D eigenvalue weighted by atomic mass is 32.2. The molecule has 0 radical (unpaired) electrons. The van der Waals surface area contributed by atoms with E-state index in [9.17, 15) is 18.0 Å². The molecule has 0 aromatic heterocycles. The van der Waals surface area contributed by atoms with E-state index in [0.717, 1.165) is 25.9 Å². The van der Waals surface area contributed by atoms with Crippen LogP contribution >= 0.6 is 0 Å². The third kappa shape index (κ3) is 4.90. The third-order valence-corrected chi connectivity index (χ3v) is 7.44. The van der Waals surface area contributed by atoms with Crippen molar-refractivity contribution in [2.75, 3.05) is 29.8 Å². The Kier molecular flexibility index (Phi) is 6.46. The van der Waals surface area contributed by atoms with Crippen LogP contribution in [0, 0.1) is 0 Å².